The van der Waals surface area contributed by atoms with Crippen LogP contribution >= 0.6 is 12.4 Å². The summed E-state index contributed by atoms with van der Waals surface area (Å²) >= 11 is 0. The van der Waals surface area contributed by atoms with Gasteiger partial charge in [-0.2, -0.15) is 0 Å². The molecule has 0 bridgehead atoms. The molecule has 0 unspecified atom stereocenters. The van der Waals surface area contributed by atoms with Crippen molar-refractivity contribution < 1.29 is 18.7 Å². The zero-order chi connectivity index (χ0) is 10.7. The third kappa shape index (κ3) is 3.45. The quantitative estimate of drug-likeness (QED) is 0.846. The highest BCUT2D eigenvalue weighted by molar-refractivity contribution is 5.87. The standard InChI is InChI=1S/C9H9F2NO2.ClH/c10-8(11)7(12)5-1-3-6(4-2-5)9(13)14;/h1-4,7-8H,12H2,(H,13,14);1H/t7-;/m1./s1. The fourth-order valence-corrected chi connectivity index (χ4v) is 0.993. The minimum atomic E-state index is -2.65. The van der Waals surface area contributed by atoms with Crippen molar-refractivity contribution in [3.05, 3.63) is 35.4 Å². The number of nitrogens with two attached hydrogens (primary N) is 1. The number of carboxylic acids is 1. The summed E-state index contributed by atoms with van der Waals surface area (Å²) in [7, 11) is 0. The van der Waals surface area contributed by atoms with Gasteiger partial charge in [-0.1, -0.05) is 12.1 Å². The lowest BCUT2D eigenvalue weighted by molar-refractivity contribution is 0.0697. The van der Waals surface area contributed by atoms with Crippen molar-refractivity contribution in [1.82, 2.24) is 0 Å². The molecule has 84 valence electrons. The molecule has 0 fully saturated rings. The van der Waals surface area contributed by atoms with Crippen LogP contribution in [0, 0.1) is 0 Å². The maximum Gasteiger partial charge on any atom is 0.335 e. The van der Waals surface area contributed by atoms with E-state index >= 15 is 0 Å². The SMILES string of the molecule is Cl.N[C@H](c1ccc(C(=O)O)cc1)C(F)F. The number of aromatic carboxylic acids is 1. The predicted molar refractivity (Wildman–Crippen MR) is 53.6 cm³/mol. The van der Waals surface area contributed by atoms with E-state index in [-0.39, 0.29) is 23.5 Å². The summed E-state index contributed by atoms with van der Waals surface area (Å²) in [4.78, 5) is 10.4. The molecule has 3 N–H and O–H groups in total. The Morgan fingerprint density at radius 1 is 1.27 bits per heavy atom. The molecule has 0 aliphatic carbocycles. The summed E-state index contributed by atoms with van der Waals surface area (Å²) in [6.45, 7) is 0. The smallest absolute Gasteiger partial charge is 0.335 e. The first-order valence-corrected chi connectivity index (χ1v) is 3.89. The van der Waals surface area contributed by atoms with Crippen LogP contribution in [0.15, 0.2) is 24.3 Å². The van der Waals surface area contributed by atoms with Crippen molar-refractivity contribution in [3.8, 4) is 0 Å². The van der Waals surface area contributed by atoms with Crippen LogP contribution < -0.4 is 5.73 Å². The van der Waals surface area contributed by atoms with Gasteiger partial charge in [-0.3, -0.25) is 0 Å². The van der Waals surface area contributed by atoms with E-state index in [2.05, 4.69) is 0 Å². The number of carboxylic acid groups (broad SMARTS) is 1. The first-order valence-electron chi connectivity index (χ1n) is 3.89. The average molecular weight is 238 g/mol. The molecule has 1 rings (SSSR count). The van der Waals surface area contributed by atoms with Crippen molar-refractivity contribution in [3.63, 3.8) is 0 Å². The van der Waals surface area contributed by atoms with Gasteiger partial charge in [0.05, 0.1) is 11.6 Å². The van der Waals surface area contributed by atoms with Gasteiger partial charge in [0.1, 0.15) is 0 Å². The number of halogens is 3. The van der Waals surface area contributed by atoms with E-state index < -0.39 is 18.4 Å². The average Bonchev–Trinajstić information content (AvgIpc) is 2.16. The second-order valence-electron chi connectivity index (χ2n) is 2.79. The van der Waals surface area contributed by atoms with E-state index in [1.807, 2.05) is 0 Å². The molecule has 0 spiro atoms. The Balaban J connectivity index is 0.00000196. The Morgan fingerprint density at radius 2 is 1.73 bits per heavy atom. The van der Waals surface area contributed by atoms with Crippen molar-refractivity contribution in [1.29, 1.82) is 0 Å². The lowest BCUT2D eigenvalue weighted by Crippen LogP contribution is -2.18. The van der Waals surface area contributed by atoms with Gasteiger partial charge in [0.25, 0.3) is 6.43 Å². The number of benzene rings is 1. The van der Waals surface area contributed by atoms with Crippen LogP contribution in [0.25, 0.3) is 0 Å². The summed E-state index contributed by atoms with van der Waals surface area (Å²) in [6.07, 6.45) is -2.65. The highest BCUT2D eigenvalue weighted by Crippen LogP contribution is 2.18. The number of hydrogen-bond acceptors (Lipinski definition) is 2. The van der Waals surface area contributed by atoms with Crippen molar-refractivity contribution in [2.45, 2.75) is 12.5 Å². The molecular formula is C9H10ClF2NO2. The summed E-state index contributed by atoms with van der Waals surface area (Å²) in [6, 6.07) is 3.72. The van der Waals surface area contributed by atoms with E-state index in [0.29, 0.717) is 0 Å². The zero-order valence-electron chi connectivity index (χ0n) is 7.56. The topological polar surface area (TPSA) is 63.3 Å². The lowest BCUT2D eigenvalue weighted by atomic mass is 10.1. The Morgan fingerprint density at radius 3 is 2.07 bits per heavy atom. The van der Waals surface area contributed by atoms with Crippen LogP contribution in [-0.4, -0.2) is 17.5 Å². The van der Waals surface area contributed by atoms with E-state index in [4.69, 9.17) is 10.8 Å². The van der Waals surface area contributed by atoms with Gasteiger partial charge in [0, 0.05) is 0 Å². The monoisotopic (exact) mass is 237 g/mol. The molecule has 0 heterocycles. The molecular weight excluding hydrogens is 228 g/mol. The van der Waals surface area contributed by atoms with Crippen LogP contribution in [-0.2, 0) is 0 Å². The molecule has 0 radical (unpaired) electrons. The Labute approximate surface area is 91.3 Å². The molecule has 0 amide bonds. The molecule has 1 aromatic carbocycles. The maximum atomic E-state index is 12.1. The molecule has 0 aliphatic heterocycles. The maximum absolute atomic E-state index is 12.1. The third-order valence-electron chi connectivity index (χ3n) is 1.81. The largest absolute Gasteiger partial charge is 0.478 e. The van der Waals surface area contributed by atoms with Crippen LogP contribution in [0.4, 0.5) is 8.78 Å². The van der Waals surface area contributed by atoms with Crippen LogP contribution in [0.1, 0.15) is 22.0 Å². The molecule has 0 aromatic heterocycles. The number of alkyl halides is 2. The highest BCUT2D eigenvalue weighted by atomic mass is 35.5. The van der Waals surface area contributed by atoms with Gasteiger partial charge in [0.2, 0.25) is 0 Å². The second-order valence-corrected chi connectivity index (χ2v) is 2.79. The number of hydrogen-bond donors (Lipinski definition) is 2. The van der Waals surface area contributed by atoms with Crippen LogP contribution in [0.5, 0.6) is 0 Å². The summed E-state index contributed by atoms with van der Waals surface area (Å²) in [5.41, 5.74) is 5.44. The third-order valence-corrected chi connectivity index (χ3v) is 1.81. The van der Waals surface area contributed by atoms with Gasteiger partial charge in [0.15, 0.2) is 0 Å². The molecule has 1 atom stereocenters. The highest BCUT2D eigenvalue weighted by Gasteiger charge is 2.17. The fourth-order valence-electron chi connectivity index (χ4n) is 0.993. The summed E-state index contributed by atoms with van der Waals surface area (Å²) in [5.74, 6) is -1.10. The molecule has 0 aliphatic rings. The first kappa shape index (κ1) is 13.8. The molecule has 15 heavy (non-hydrogen) atoms. The van der Waals surface area contributed by atoms with Gasteiger partial charge in [-0.25, -0.2) is 13.6 Å². The number of rotatable bonds is 3. The molecule has 0 saturated heterocycles. The van der Waals surface area contributed by atoms with E-state index in [1.165, 1.54) is 24.3 Å². The minimum absolute atomic E-state index is 0. The van der Waals surface area contributed by atoms with Gasteiger partial charge in [-0.15, -0.1) is 12.4 Å². The summed E-state index contributed by atoms with van der Waals surface area (Å²) in [5, 5.41) is 8.54. The van der Waals surface area contributed by atoms with Crippen LogP contribution in [0.2, 0.25) is 0 Å². The van der Waals surface area contributed by atoms with Crippen LogP contribution in [0.3, 0.4) is 0 Å². The Hall–Kier alpha value is -1.20. The normalized spacial score (nSPS) is 12.0. The Kier molecular flexibility index (Phi) is 5.18. The van der Waals surface area contributed by atoms with Gasteiger partial charge < -0.3 is 10.8 Å². The molecule has 1 aromatic rings. The van der Waals surface area contributed by atoms with Crippen molar-refractivity contribution in [2.24, 2.45) is 5.73 Å². The Bertz CT molecular complexity index is 329. The first-order chi connectivity index (χ1) is 6.52. The molecule has 6 heteroatoms. The molecule has 3 nitrogen and oxygen atoms in total. The van der Waals surface area contributed by atoms with E-state index in [9.17, 15) is 13.6 Å². The lowest BCUT2D eigenvalue weighted by Gasteiger charge is -2.10. The molecule has 0 saturated carbocycles. The van der Waals surface area contributed by atoms with E-state index in [1.54, 1.807) is 0 Å². The second kappa shape index (κ2) is 5.63. The van der Waals surface area contributed by atoms with Gasteiger partial charge in [-0.05, 0) is 17.7 Å². The van der Waals surface area contributed by atoms with Crippen molar-refractivity contribution >= 4 is 18.4 Å². The van der Waals surface area contributed by atoms with Crippen molar-refractivity contribution in [2.75, 3.05) is 0 Å². The zero-order valence-corrected chi connectivity index (χ0v) is 8.38. The fraction of sp³-hybridized carbons (Fsp3) is 0.222. The van der Waals surface area contributed by atoms with Gasteiger partial charge >= 0.3 is 5.97 Å². The minimum Gasteiger partial charge on any atom is -0.478 e. The number of carbonyl (C=O) groups is 1. The summed E-state index contributed by atoms with van der Waals surface area (Å²) < 4.78 is 24.3. The predicted octanol–water partition coefficient (Wildman–Crippen LogP) is 2.07. The van der Waals surface area contributed by atoms with E-state index in [0.717, 1.165) is 0 Å².